The molecule has 106 valence electrons. The maximum Gasteiger partial charge on any atom is 0.303 e. The Hall–Kier alpha value is -1.17. The predicted molar refractivity (Wildman–Crippen MR) is 70.6 cm³/mol. The number of carbonyl (C=O) groups excluding carboxylic acids is 1. The number of ether oxygens (including phenoxy) is 3. The molecular formula is C14H21NO4. The molecule has 2 atom stereocenters. The number of nitrogens with zero attached hydrogens (tertiary/aromatic N) is 1. The van der Waals surface area contributed by atoms with Crippen LogP contribution in [0.25, 0.3) is 0 Å². The average molecular weight is 267 g/mol. The third-order valence-electron chi connectivity index (χ3n) is 3.52. The Morgan fingerprint density at radius 3 is 3.05 bits per heavy atom. The van der Waals surface area contributed by atoms with E-state index in [2.05, 4.69) is 17.1 Å². The predicted octanol–water partition coefficient (Wildman–Crippen LogP) is 1.11. The molecule has 0 unspecified atom stereocenters. The van der Waals surface area contributed by atoms with Crippen molar-refractivity contribution >= 4 is 5.97 Å². The summed E-state index contributed by atoms with van der Waals surface area (Å²) in [7, 11) is 1.59. The van der Waals surface area contributed by atoms with E-state index in [0.717, 1.165) is 19.5 Å². The largest absolute Gasteiger partial charge is 0.456 e. The van der Waals surface area contributed by atoms with Crippen molar-refractivity contribution in [1.82, 2.24) is 4.90 Å². The Morgan fingerprint density at radius 1 is 1.47 bits per heavy atom. The van der Waals surface area contributed by atoms with Crippen LogP contribution in [0.15, 0.2) is 24.3 Å². The second kappa shape index (κ2) is 6.32. The maximum absolute atomic E-state index is 11.3. The molecule has 0 aromatic rings. The first-order valence-corrected chi connectivity index (χ1v) is 6.52. The number of esters is 1. The van der Waals surface area contributed by atoms with Crippen molar-refractivity contribution < 1.29 is 19.0 Å². The zero-order valence-electron chi connectivity index (χ0n) is 11.5. The Kier molecular flexibility index (Phi) is 4.74. The lowest BCUT2D eigenvalue weighted by atomic mass is 9.84. The van der Waals surface area contributed by atoms with Gasteiger partial charge in [-0.2, -0.15) is 0 Å². The first kappa shape index (κ1) is 14.2. The van der Waals surface area contributed by atoms with Crippen LogP contribution in [-0.4, -0.2) is 56.1 Å². The van der Waals surface area contributed by atoms with E-state index in [1.54, 1.807) is 7.11 Å². The zero-order valence-corrected chi connectivity index (χ0v) is 11.5. The van der Waals surface area contributed by atoms with Crippen molar-refractivity contribution in [2.45, 2.75) is 25.0 Å². The van der Waals surface area contributed by atoms with Crippen LogP contribution in [0.2, 0.25) is 0 Å². The molecule has 0 bridgehead atoms. The fraction of sp³-hybridized carbons (Fsp3) is 0.643. The molecule has 19 heavy (non-hydrogen) atoms. The van der Waals surface area contributed by atoms with Gasteiger partial charge in [0.1, 0.15) is 18.4 Å². The summed E-state index contributed by atoms with van der Waals surface area (Å²) in [6.07, 6.45) is 8.91. The molecule has 0 radical (unpaired) electrons. The molecule has 0 amide bonds. The highest BCUT2D eigenvalue weighted by Gasteiger charge is 2.45. The molecule has 5 nitrogen and oxygen atoms in total. The van der Waals surface area contributed by atoms with Crippen molar-refractivity contribution in [2.24, 2.45) is 0 Å². The van der Waals surface area contributed by atoms with Crippen LogP contribution in [0.5, 0.6) is 0 Å². The SMILES string of the molecule is COCOC[C@]12C=CCCN1CC=C[C@H]2OC(C)=O. The third kappa shape index (κ3) is 3.05. The van der Waals surface area contributed by atoms with Crippen molar-refractivity contribution in [3.05, 3.63) is 24.3 Å². The molecule has 5 heteroatoms. The molecule has 0 fully saturated rings. The number of hydrogen-bond donors (Lipinski definition) is 0. The maximum atomic E-state index is 11.3. The molecular weight excluding hydrogens is 246 g/mol. The van der Waals surface area contributed by atoms with Gasteiger partial charge in [-0.3, -0.25) is 9.69 Å². The van der Waals surface area contributed by atoms with Crippen molar-refractivity contribution in [3.63, 3.8) is 0 Å². The van der Waals surface area contributed by atoms with Gasteiger partial charge < -0.3 is 14.2 Å². The summed E-state index contributed by atoms with van der Waals surface area (Å²) in [5.41, 5.74) is -0.406. The van der Waals surface area contributed by atoms with Crippen LogP contribution in [0.1, 0.15) is 13.3 Å². The fourth-order valence-electron chi connectivity index (χ4n) is 2.68. The normalized spacial score (nSPS) is 30.1. The number of methoxy groups -OCH3 is 1. The number of fused-ring (bicyclic) bond motifs is 1. The third-order valence-corrected chi connectivity index (χ3v) is 3.52. The lowest BCUT2D eigenvalue weighted by molar-refractivity contribution is -0.155. The van der Waals surface area contributed by atoms with Crippen LogP contribution in [0.3, 0.4) is 0 Å². The first-order valence-electron chi connectivity index (χ1n) is 6.52. The van der Waals surface area contributed by atoms with Crippen LogP contribution in [0, 0.1) is 0 Å². The summed E-state index contributed by atoms with van der Waals surface area (Å²) in [5, 5.41) is 0. The molecule has 0 aromatic heterocycles. The van der Waals surface area contributed by atoms with E-state index in [-0.39, 0.29) is 18.9 Å². The summed E-state index contributed by atoms with van der Waals surface area (Å²) in [6, 6.07) is 0. The minimum Gasteiger partial charge on any atom is -0.456 e. The Bertz CT molecular complexity index is 380. The Balaban J connectivity index is 2.20. The van der Waals surface area contributed by atoms with E-state index in [1.807, 2.05) is 12.2 Å². The Morgan fingerprint density at radius 2 is 2.32 bits per heavy atom. The summed E-state index contributed by atoms with van der Waals surface area (Å²) >= 11 is 0. The molecule has 2 aliphatic rings. The van der Waals surface area contributed by atoms with Crippen molar-refractivity contribution in [1.29, 1.82) is 0 Å². The van der Waals surface area contributed by atoms with Gasteiger partial charge in [0.2, 0.25) is 0 Å². The highest BCUT2D eigenvalue weighted by Crippen LogP contribution is 2.32. The highest BCUT2D eigenvalue weighted by atomic mass is 16.7. The highest BCUT2D eigenvalue weighted by molar-refractivity contribution is 5.66. The quantitative estimate of drug-likeness (QED) is 0.323. The van der Waals surface area contributed by atoms with Gasteiger partial charge in [-0.05, 0) is 12.5 Å². The summed E-state index contributed by atoms with van der Waals surface area (Å²) < 4.78 is 15.9. The molecule has 2 aliphatic heterocycles. The molecule has 0 aromatic carbocycles. The smallest absolute Gasteiger partial charge is 0.303 e. The van der Waals surface area contributed by atoms with Crippen molar-refractivity contribution in [3.8, 4) is 0 Å². The molecule has 2 rings (SSSR count). The topological polar surface area (TPSA) is 48.0 Å². The molecule has 0 N–H and O–H groups in total. The standard InChI is InChI=1S/C14H21NO4/c1-12(16)19-13-6-5-9-15-8-4-3-7-14(13,15)10-18-11-17-2/h3,5-7,13H,4,8-11H2,1-2H3/t13-,14+/m1/s1. The van der Waals surface area contributed by atoms with Gasteiger partial charge in [0.25, 0.3) is 0 Å². The monoisotopic (exact) mass is 267 g/mol. The molecule has 0 saturated carbocycles. The summed E-state index contributed by atoms with van der Waals surface area (Å²) in [6.45, 7) is 3.90. The van der Waals surface area contributed by atoms with Crippen molar-refractivity contribution in [2.75, 3.05) is 33.6 Å². The minimum absolute atomic E-state index is 0.236. The minimum atomic E-state index is -0.406. The number of rotatable bonds is 5. The average Bonchev–Trinajstić information content (AvgIpc) is 2.39. The summed E-state index contributed by atoms with van der Waals surface area (Å²) in [5.74, 6) is -0.276. The molecule has 2 heterocycles. The van der Waals surface area contributed by atoms with Gasteiger partial charge >= 0.3 is 5.97 Å². The van der Waals surface area contributed by atoms with E-state index < -0.39 is 5.54 Å². The van der Waals surface area contributed by atoms with Crippen LogP contribution in [0.4, 0.5) is 0 Å². The van der Waals surface area contributed by atoms with Gasteiger partial charge in [-0.25, -0.2) is 0 Å². The lowest BCUT2D eigenvalue weighted by Gasteiger charge is -2.48. The molecule has 0 spiro atoms. The van der Waals surface area contributed by atoms with E-state index in [0.29, 0.717) is 6.61 Å². The van der Waals surface area contributed by atoms with Crippen LogP contribution < -0.4 is 0 Å². The molecule has 0 saturated heterocycles. The lowest BCUT2D eigenvalue weighted by Crippen LogP contribution is -2.62. The van der Waals surface area contributed by atoms with Gasteiger partial charge in [-0.1, -0.05) is 18.2 Å². The second-order valence-corrected chi connectivity index (χ2v) is 4.84. The first-order chi connectivity index (χ1) is 9.19. The van der Waals surface area contributed by atoms with E-state index in [1.165, 1.54) is 6.92 Å². The van der Waals surface area contributed by atoms with Gasteiger partial charge in [0, 0.05) is 27.1 Å². The van der Waals surface area contributed by atoms with E-state index in [9.17, 15) is 4.79 Å². The fourth-order valence-corrected chi connectivity index (χ4v) is 2.68. The van der Waals surface area contributed by atoms with Crippen LogP contribution in [-0.2, 0) is 19.0 Å². The van der Waals surface area contributed by atoms with Gasteiger partial charge in [-0.15, -0.1) is 0 Å². The van der Waals surface area contributed by atoms with E-state index in [4.69, 9.17) is 14.2 Å². The van der Waals surface area contributed by atoms with E-state index >= 15 is 0 Å². The second-order valence-electron chi connectivity index (χ2n) is 4.84. The molecule has 0 aliphatic carbocycles. The number of hydrogen-bond acceptors (Lipinski definition) is 5. The number of carbonyl (C=O) groups is 1. The Labute approximate surface area is 113 Å². The summed E-state index contributed by atoms with van der Waals surface area (Å²) in [4.78, 5) is 13.6. The van der Waals surface area contributed by atoms with Crippen LogP contribution >= 0.6 is 0 Å². The van der Waals surface area contributed by atoms with Gasteiger partial charge in [0.05, 0.1) is 6.61 Å². The van der Waals surface area contributed by atoms with Gasteiger partial charge in [0.15, 0.2) is 0 Å². The zero-order chi connectivity index (χ0) is 13.7.